The maximum absolute atomic E-state index is 12.6. The lowest BCUT2D eigenvalue weighted by Gasteiger charge is -2.09. The number of furan rings is 1. The van der Waals surface area contributed by atoms with Crippen LogP contribution < -0.4 is 5.32 Å². The highest BCUT2D eigenvalue weighted by Crippen LogP contribution is 2.27. The topological polar surface area (TPSA) is 60.1 Å². The number of benzene rings is 1. The lowest BCUT2D eigenvalue weighted by Crippen LogP contribution is -2.16. The van der Waals surface area contributed by atoms with Crippen molar-refractivity contribution in [3.05, 3.63) is 60.3 Å². The van der Waals surface area contributed by atoms with Gasteiger partial charge in [-0.25, -0.2) is 4.98 Å². The second kappa shape index (κ2) is 6.12. The van der Waals surface area contributed by atoms with Crippen molar-refractivity contribution in [3.8, 4) is 11.3 Å². The van der Waals surface area contributed by atoms with Crippen LogP contribution in [0.5, 0.6) is 0 Å². The van der Waals surface area contributed by atoms with Crippen LogP contribution in [0.1, 0.15) is 35.9 Å². The number of anilines is 1. The second-order valence-electron chi connectivity index (χ2n) is 5.73. The van der Waals surface area contributed by atoms with E-state index in [1.165, 1.54) is 0 Å². The molecule has 1 N–H and O–H groups in total. The molecule has 3 aromatic rings. The predicted octanol–water partition coefficient (Wildman–Crippen LogP) is 4.06. The Morgan fingerprint density at radius 2 is 1.96 bits per heavy atom. The number of carbonyl (C=O) groups is 1. The summed E-state index contributed by atoms with van der Waals surface area (Å²) in [6.07, 6.45) is 3.23. The standard InChI is InChI=1S/C18H19N3O2/c1-12(2)14-9-10-23-16(14)18(22)20-17-15(19-11-21(17)3)13-7-5-4-6-8-13/h4-12H,1-3H3,(H,20,22). The fourth-order valence-electron chi connectivity index (χ4n) is 2.51. The minimum absolute atomic E-state index is 0.217. The molecule has 0 saturated carbocycles. The number of amides is 1. The van der Waals surface area contributed by atoms with Gasteiger partial charge in [-0.3, -0.25) is 4.79 Å². The molecule has 1 amide bonds. The largest absolute Gasteiger partial charge is 0.459 e. The Balaban J connectivity index is 1.93. The van der Waals surface area contributed by atoms with Gasteiger partial charge in [0.15, 0.2) is 5.76 Å². The Hall–Kier alpha value is -2.82. The van der Waals surface area contributed by atoms with E-state index in [0.29, 0.717) is 11.6 Å². The maximum Gasteiger partial charge on any atom is 0.292 e. The fraction of sp³-hybridized carbons (Fsp3) is 0.222. The summed E-state index contributed by atoms with van der Waals surface area (Å²) in [5.74, 6) is 0.946. The van der Waals surface area contributed by atoms with Crippen LogP contribution in [0.15, 0.2) is 53.4 Å². The molecule has 0 aliphatic rings. The van der Waals surface area contributed by atoms with Crippen LogP contribution in [0.4, 0.5) is 5.82 Å². The Labute approximate surface area is 135 Å². The van der Waals surface area contributed by atoms with Crippen LogP contribution in [0, 0.1) is 0 Å². The van der Waals surface area contributed by atoms with E-state index in [9.17, 15) is 4.79 Å². The third-order valence-corrected chi connectivity index (χ3v) is 3.74. The first-order valence-electron chi connectivity index (χ1n) is 7.53. The van der Waals surface area contributed by atoms with E-state index in [-0.39, 0.29) is 11.8 Å². The third-order valence-electron chi connectivity index (χ3n) is 3.74. The maximum atomic E-state index is 12.6. The van der Waals surface area contributed by atoms with Crippen molar-refractivity contribution in [1.82, 2.24) is 9.55 Å². The van der Waals surface area contributed by atoms with Crippen molar-refractivity contribution in [1.29, 1.82) is 0 Å². The lowest BCUT2D eigenvalue weighted by atomic mass is 10.0. The predicted molar refractivity (Wildman–Crippen MR) is 89.4 cm³/mol. The van der Waals surface area contributed by atoms with Gasteiger partial charge in [0.05, 0.1) is 12.6 Å². The van der Waals surface area contributed by atoms with Crippen LogP contribution in [0.3, 0.4) is 0 Å². The van der Waals surface area contributed by atoms with Gasteiger partial charge in [0, 0.05) is 18.2 Å². The first kappa shape index (κ1) is 15.1. The van der Waals surface area contributed by atoms with Gasteiger partial charge in [-0.1, -0.05) is 44.2 Å². The number of hydrogen-bond acceptors (Lipinski definition) is 3. The lowest BCUT2D eigenvalue weighted by molar-refractivity contribution is 0.0994. The number of aryl methyl sites for hydroxylation is 1. The van der Waals surface area contributed by atoms with E-state index in [1.54, 1.807) is 17.2 Å². The second-order valence-corrected chi connectivity index (χ2v) is 5.73. The van der Waals surface area contributed by atoms with Gasteiger partial charge in [0.1, 0.15) is 11.5 Å². The third kappa shape index (κ3) is 2.90. The van der Waals surface area contributed by atoms with Crippen LogP contribution in [0.2, 0.25) is 0 Å². The van der Waals surface area contributed by atoms with Crippen molar-refractivity contribution in [2.75, 3.05) is 5.32 Å². The Morgan fingerprint density at radius 1 is 1.22 bits per heavy atom. The number of hydrogen-bond donors (Lipinski definition) is 1. The summed E-state index contributed by atoms with van der Waals surface area (Å²) in [6, 6.07) is 11.6. The van der Waals surface area contributed by atoms with Gasteiger partial charge in [0.25, 0.3) is 5.91 Å². The fourth-order valence-corrected chi connectivity index (χ4v) is 2.51. The van der Waals surface area contributed by atoms with E-state index in [4.69, 9.17) is 4.42 Å². The molecule has 2 aromatic heterocycles. The zero-order valence-electron chi connectivity index (χ0n) is 13.4. The summed E-state index contributed by atoms with van der Waals surface area (Å²) < 4.78 is 7.17. The molecule has 0 unspecified atom stereocenters. The molecule has 2 heterocycles. The summed E-state index contributed by atoms with van der Waals surface area (Å²) in [4.78, 5) is 17.0. The molecule has 3 rings (SSSR count). The SMILES string of the molecule is CC(C)c1ccoc1C(=O)Nc1c(-c2ccccc2)ncn1C. The molecule has 0 aliphatic carbocycles. The minimum atomic E-state index is -0.264. The highest BCUT2D eigenvalue weighted by molar-refractivity contribution is 6.04. The normalized spacial score (nSPS) is 11.0. The Kier molecular flexibility index (Phi) is 4.02. The number of nitrogens with zero attached hydrogens (tertiary/aromatic N) is 2. The van der Waals surface area contributed by atoms with Crippen molar-refractivity contribution in [2.24, 2.45) is 7.05 Å². The number of imidazole rings is 1. The molecular weight excluding hydrogens is 290 g/mol. The van der Waals surface area contributed by atoms with Crippen LogP contribution in [0.25, 0.3) is 11.3 Å². The highest BCUT2D eigenvalue weighted by atomic mass is 16.3. The molecular formula is C18H19N3O2. The Bertz CT molecular complexity index is 816. The first-order chi connectivity index (χ1) is 11.1. The number of nitrogens with one attached hydrogen (secondary N) is 1. The number of aromatic nitrogens is 2. The van der Waals surface area contributed by atoms with E-state index >= 15 is 0 Å². The van der Waals surface area contributed by atoms with Gasteiger partial charge in [0.2, 0.25) is 0 Å². The van der Waals surface area contributed by atoms with Crippen molar-refractivity contribution >= 4 is 11.7 Å². The molecule has 5 heteroatoms. The summed E-state index contributed by atoms with van der Waals surface area (Å²) in [7, 11) is 1.85. The molecule has 0 saturated heterocycles. The molecule has 0 fully saturated rings. The average molecular weight is 309 g/mol. The highest BCUT2D eigenvalue weighted by Gasteiger charge is 2.20. The van der Waals surface area contributed by atoms with E-state index in [0.717, 1.165) is 16.8 Å². The van der Waals surface area contributed by atoms with Crippen molar-refractivity contribution in [2.45, 2.75) is 19.8 Å². The first-order valence-corrected chi connectivity index (χ1v) is 7.53. The van der Waals surface area contributed by atoms with Gasteiger partial charge >= 0.3 is 0 Å². The van der Waals surface area contributed by atoms with E-state index in [2.05, 4.69) is 10.3 Å². The summed E-state index contributed by atoms with van der Waals surface area (Å²) in [5, 5.41) is 2.92. The smallest absolute Gasteiger partial charge is 0.292 e. The van der Waals surface area contributed by atoms with Crippen molar-refractivity contribution in [3.63, 3.8) is 0 Å². The van der Waals surface area contributed by atoms with Gasteiger partial charge in [-0.05, 0) is 12.0 Å². The minimum Gasteiger partial charge on any atom is -0.459 e. The molecule has 23 heavy (non-hydrogen) atoms. The quantitative estimate of drug-likeness (QED) is 0.790. The van der Waals surface area contributed by atoms with Gasteiger partial charge in [-0.15, -0.1) is 0 Å². The summed E-state index contributed by atoms with van der Waals surface area (Å²) >= 11 is 0. The zero-order valence-corrected chi connectivity index (χ0v) is 13.4. The molecule has 5 nitrogen and oxygen atoms in total. The van der Waals surface area contributed by atoms with Gasteiger partial charge in [-0.2, -0.15) is 0 Å². The molecule has 0 spiro atoms. The van der Waals surface area contributed by atoms with Crippen LogP contribution in [-0.4, -0.2) is 15.5 Å². The molecule has 0 radical (unpaired) electrons. The summed E-state index contributed by atoms with van der Waals surface area (Å²) in [6.45, 7) is 4.06. The Morgan fingerprint density at radius 3 is 2.65 bits per heavy atom. The molecule has 1 aromatic carbocycles. The number of rotatable bonds is 4. The number of carbonyl (C=O) groups excluding carboxylic acids is 1. The monoisotopic (exact) mass is 309 g/mol. The van der Waals surface area contributed by atoms with Gasteiger partial charge < -0.3 is 14.3 Å². The van der Waals surface area contributed by atoms with E-state index in [1.807, 2.05) is 57.3 Å². The van der Waals surface area contributed by atoms with Crippen molar-refractivity contribution < 1.29 is 9.21 Å². The molecule has 0 atom stereocenters. The van der Waals surface area contributed by atoms with E-state index < -0.39 is 0 Å². The summed E-state index contributed by atoms with van der Waals surface area (Å²) in [5.41, 5.74) is 2.58. The van der Waals surface area contributed by atoms with Crippen LogP contribution in [-0.2, 0) is 7.05 Å². The molecule has 118 valence electrons. The molecule has 0 aliphatic heterocycles. The zero-order chi connectivity index (χ0) is 16.4. The average Bonchev–Trinajstić information content (AvgIpc) is 3.16. The molecule has 0 bridgehead atoms. The van der Waals surface area contributed by atoms with Crippen LogP contribution >= 0.6 is 0 Å².